The molecule has 0 saturated carbocycles. The number of ether oxygens (including phenoxy) is 1. The van der Waals surface area contributed by atoms with Gasteiger partial charge in [0.25, 0.3) is 0 Å². The van der Waals surface area contributed by atoms with E-state index in [1.807, 2.05) is 0 Å². The van der Waals surface area contributed by atoms with Crippen molar-refractivity contribution < 1.29 is 9.13 Å². The van der Waals surface area contributed by atoms with Gasteiger partial charge in [0.2, 0.25) is 0 Å². The van der Waals surface area contributed by atoms with Gasteiger partial charge in [0.05, 0.1) is 12.6 Å². The molecule has 1 heterocycles. The molecule has 0 aliphatic heterocycles. The molecule has 2 aromatic rings. The zero-order valence-corrected chi connectivity index (χ0v) is 6.97. The molecule has 0 spiro atoms. The molecule has 0 atom stereocenters. The number of aromatic nitrogens is 2. The standard InChI is InChI=1S/C8H8FN3O/c1-13-6-3-4(9)2-5-7(6)12-8(10)11-5/h2-3H,1H3,(H3,10,11,12). The number of H-pyrrole nitrogens is 1. The number of nitrogens with one attached hydrogen (secondary N) is 1. The normalized spacial score (nSPS) is 10.6. The van der Waals surface area contributed by atoms with E-state index in [-0.39, 0.29) is 11.8 Å². The Morgan fingerprint density at radius 3 is 3.00 bits per heavy atom. The van der Waals surface area contributed by atoms with E-state index in [0.29, 0.717) is 16.8 Å². The fourth-order valence-electron chi connectivity index (χ4n) is 1.23. The molecular weight excluding hydrogens is 173 g/mol. The molecule has 0 radical (unpaired) electrons. The number of anilines is 1. The number of nitrogens with zero attached hydrogens (tertiary/aromatic N) is 1. The van der Waals surface area contributed by atoms with Crippen LogP contribution in [0.2, 0.25) is 0 Å². The maximum Gasteiger partial charge on any atom is 0.198 e. The monoisotopic (exact) mass is 181 g/mol. The summed E-state index contributed by atoms with van der Waals surface area (Å²) in [6.45, 7) is 0. The van der Waals surface area contributed by atoms with E-state index in [4.69, 9.17) is 10.5 Å². The summed E-state index contributed by atoms with van der Waals surface area (Å²) < 4.78 is 17.9. The number of rotatable bonds is 1. The van der Waals surface area contributed by atoms with Gasteiger partial charge in [0.15, 0.2) is 5.95 Å². The Labute approximate surface area is 73.5 Å². The van der Waals surface area contributed by atoms with Crippen LogP contribution in [-0.4, -0.2) is 17.1 Å². The summed E-state index contributed by atoms with van der Waals surface area (Å²) in [6, 6.07) is 2.59. The van der Waals surface area contributed by atoms with Gasteiger partial charge >= 0.3 is 0 Å². The Bertz CT molecular complexity index is 452. The predicted octanol–water partition coefficient (Wildman–Crippen LogP) is 1.29. The van der Waals surface area contributed by atoms with E-state index in [1.165, 1.54) is 19.2 Å². The maximum absolute atomic E-state index is 12.9. The molecule has 5 heteroatoms. The van der Waals surface area contributed by atoms with E-state index in [1.54, 1.807) is 0 Å². The summed E-state index contributed by atoms with van der Waals surface area (Å²) in [6.07, 6.45) is 0. The van der Waals surface area contributed by atoms with Gasteiger partial charge in [-0.25, -0.2) is 9.37 Å². The van der Waals surface area contributed by atoms with E-state index in [0.717, 1.165) is 0 Å². The summed E-state index contributed by atoms with van der Waals surface area (Å²) in [5, 5.41) is 0. The van der Waals surface area contributed by atoms with E-state index in [9.17, 15) is 4.39 Å². The number of hydrogen-bond donors (Lipinski definition) is 2. The number of aromatic amines is 1. The first-order chi connectivity index (χ1) is 6.20. The van der Waals surface area contributed by atoms with Gasteiger partial charge < -0.3 is 15.5 Å². The topological polar surface area (TPSA) is 63.9 Å². The molecule has 68 valence electrons. The number of nitrogens with two attached hydrogens (primary N) is 1. The van der Waals surface area contributed by atoms with Crippen molar-refractivity contribution in [2.45, 2.75) is 0 Å². The SMILES string of the molecule is COc1cc(F)cc2[nH]c(N)nc12. The van der Waals surface area contributed by atoms with Crippen LogP contribution >= 0.6 is 0 Å². The Morgan fingerprint density at radius 1 is 1.54 bits per heavy atom. The number of imidazole rings is 1. The van der Waals surface area contributed by atoms with Crippen LogP contribution in [0.4, 0.5) is 10.3 Å². The number of methoxy groups -OCH3 is 1. The molecule has 0 saturated heterocycles. The Hall–Kier alpha value is -1.78. The molecule has 4 nitrogen and oxygen atoms in total. The largest absolute Gasteiger partial charge is 0.494 e. The first-order valence-corrected chi connectivity index (χ1v) is 3.69. The second-order valence-electron chi connectivity index (χ2n) is 2.63. The highest BCUT2D eigenvalue weighted by Crippen LogP contribution is 2.25. The molecule has 3 N–H and O–H groups in total. The van der Waals surface area contributed by atoms with Gasteiger partial charge in [-0.3, -0.25) is 0 Å². The summed E-state index contributed by atoms with van der Waals surface area (Å²) in [4.78, 5) is 6.68. The van der Waals surface area contributed by atoms with Crippen molar-refractivity contribution in [2.75, 3.05) is 12.8 Å². The lowest BCUT2D eigenvalue weighted by Crippen LogP contribution is -1.86. The zero-order chi connectivity index (χ0) is 9.42. The van der Waals surface area contributed by atoms with E-state index < -0.39 is 0 Å². The smallest absolute Gasteiger partial charge is 0.198 e. The van der Waals surface area contributed by atoms with Crippen LogP contribution in [0.3, 0.4) is 0 Å². The second-order valence-corrected chi connectivity index (χ2v) is 2.63. The minimum atomic E-state index is -0.381. The van der Waals surface area contributed by atoms with Crippen LogP contribution in [0.25, 0.3) is 11.0 Å². The third-order valence-electron chi connectivity index (χ3n) is 1.75. The molecule has 0 bridgehead atoms. The predicted molar refractivity (Wildman–Crippen MR) is 47.0 cm³/mol. The highest BCUT2D eigenvalue weighted by atomic mass is 19.1. The number of fused-ring (bicyclic) bond motifs is 1. The quantitative estimate of drug-likeness (QED) is 0.696. The van der Waals surface area contributed by atoms with Crippen molar-refractivity contribution in [3.05, 3.63) is 17.9 Å². The third-order valence-corrected chi connectivity index (χ3v) is 1.75. The van der Waals surface area contributed by atoms with Gasteiger partial charge in [0, 0.05) is 6.07 Å². The highest BCUT2D eigenvalue weighted by Gasteiger charge is 2.08. The Balaban J connectivity index is 2.80. The molecule has 13 heavy (non-hydrogen) atoms. The maximum atomic E-state index is 12.9. The van der Waals surface area contributed by atoms with E-state index >= 15 is 0 Å². The van der Waals surface area contributed by atoms with Crippen LogP contribution in [0.15, 0.2) is 12.1 Å². The van der Waals surface area contributed by atoms with E-state index in [2.05, 4.69) is 9.97 Å². The first-order valence-electron chi connectivity index (χ1n) is 3.69. The number of nitrogen functional groups attached to an aromatic ring is 1. The van der Waals surface area contributed by atoms with Gasteiger partial charge in [-0.05, 0) is 6.07 Å². The van der Waals surface area contributed by atoms with Crippen LogP contribution in [0.5, 0.6) is 5.75 Å². The van der Waals surface area contributed by atoms with Gasteiger partial charge in [-0.15, -0.1) is 0 Å². The third kappa shape index (κ3) is 1.18. The zero-order valence-electron chi connectivity index (χ0n) is 6.97. The minimum Gasteiger partial charge on any atom is -0.494 e. The molecule has 2 rings (SSSR count). The molecule has 0 aliphatic carbocycles. The molecule has 1 aromatic carbocycles. The van der Waals surface area contributed by atoms with Crippen LogP contribution in [0.1, 0.15) is 0 Å². The van der Waals surface area contributed by atoms with Crippen molar-refractivity contribution in [1.29, 1.82) is 0 Å². The minimum absolute atomic E-state index is 0.249. The summed E-state index contributed by atoms with van der Waals surface area (Å²) in [5.41, 5.74) is 6.50. The first kappa shape index (κ1) is 7.85. The van der Waals surface area contributed by atoms with Crippen molar-refractivity contribution in [3.8, 4) is 5.75 Å². The van der Waals surface area contributed by atoms with Crippen molar-refractivity contribution in [2.24, 2.45) is 0 Å². The molecule has 1 aromatic heterocycles. The van der Waals surface area contributed by atoms with Crippen molar-refractivity contribution >= 4 is 17.0 Å². The van der Waals surface area contributed by atoms with Gasteiger partial charge in [-0.1, -0.05) is 0 Å². The molecule has 0 amide bonds. The van der Waals surface area contributed by atoms with Gasteiger partial charge in [-0.2, -0.15) is 0 Å². The molecule has 0 fully saturated rings. The lowest BCUT2D eigenvalue weighted by Gasteiger charge is -1.99. The Morgan fingerprint density at radius 2 is 2.31 bits per heavy atom. The Kier molecular flexibility index (Phi) is 1.58. The highest BCUT2D eigenvalue weighted by molar-refractivity contribution is 5.83. The molecule has 0 unspecified atom stereocenters. The number of halogens is 1. The van der Waals surface area contributed by atoms with Crippen LogP contribution < -0.4 is 10.5 Å². The fraction of sp³-hybridized carbons (Fsp3) is 0.125. The summed E-state index contributed by atoms with van der Waals surface area (Å²) in [7, 11) is 1.46. The summed E-state index contributed by atoms with van der Waals surface area (Å²) >= 11 is 0. The number of benzene rings is 1. The lowest BCUT2D eigenvalue weighted by molar-refractivity contribution is 0.416. The van der Waals surface area contributed by atoms with Crippen molar-refractivity contribution in [1.82, 2.24) is 9.97 Å². The summed E-state index contributed by atoms with van der Waals surface area (Å²) in [5.74, 6) is 0.245. The van der Waals surface area contributed by atoms with Crippen LogP contribution in [0, 0.1) is 5.82 Å². The average molecular weight is 181 g/mol. The van der Waals surface area contributed by atoms with Crippen LogP contribution in [-0.2, 0) is 0 Å². The second kappa shape index (κ2) is 2.62. The number of hydrogen-bond acceptors (Lipinski definition) is 3. The molecule has 0 aliphatic rings. The van der Waals surface area contributed by atoms with Crippen molar-refractivity contribution in [3.63, 3.8) is 0 Å². The van der Waals surface area contributed by atoms with Gasteiger partial charge in [0.1, 0.15) is 17.1 Å². The average Bonchev–Trinajstić information content (AvgIpc) is 2.43. The molecular formula is C8H8FN3O. The lowest BCUT2D eigenvalue weighted by atomic mass is 10.3. The fourth-order valence-corrected chi connectivity index (χ4v) is 1.23.